The van der Waals surface area contributed by atoms with Crippen molar-refractivity contribution in [2.45, 2.75) is 19.7 Å². The zero-order valence-corrected chi connectivity index (χ0v) is 20.9. The third kappa shape index (κ3) is 3.98. The van der Waals surface area contributed by atoms with E-state index >= 15 is 0 Å². The Hall–Kier alpha value is -3.62. The fraction of sp³-hybridized carbons (Fsp3) is 0.167. The number of hydrogen-bond donors (Lipinski definition) is 0. The number of ether oxygens (including phenoxy) is 3. The molecule has 0 fully saturated rings. The van der Waals surface area contributed by atoms with Crippen molar-refractivity contribution in [3.8, 4) is 11.5 Å². The van der Waals surface area contributed by atoms with E-state index in [1.165, 1.54) is 15.9 Å². The van der Waals surface area contributed by atoms with Crippen LogP contribution in [0.4, 0.5) is 0 Å². The van der Waals surface area contributed by atoms with E-state index in [9.17, 15) is 4.79 Å². The number of benzene rings is 4. The van der Waals surface area contributed by atoms with Crippen molar-refractivity contribution in [1.82, 2.24) is 0 Å². The molecule has 5 heteroatoms. The SMILES string of the molecule is CCOc1cc2c(cc1OCC)C([PH](c1ccccc1)(c1ccccc1)c1ccccc1)OC2=O. The molecule has 35 heavy (non-hydrogen) atoms. The molecule has 0 saturated heterocycles. The average molecular weight is 485 g/mol. The second kappa shape index (κ2) is 9.93. The summed E-state index contributed by atoms with van der Waals surface area (Å²) in [5.74, 6) is 0.409. The minimum atomic E-state index is -2.91. The summed E-state index contributed by atoms with van der Waals surface area (Å²) >= 11 is 0. The summed E-state index contributed by atoms with van der Waals surface area (Å²) in [6.07, 6.45) is 0. The van der Waals surface area contributed by atoms with Crippen LogP contribution in [0.15, 0.2) is 103 Å². The molecular weight excluding hydrogens is 455 g/mol. The molecule has 0 N–H and O–H groups in total. The zero-order chi connectivity index (χ0) is 24.3. The molecule has 5 rings (SSSR count). The molecule has 4 aromatic rings. The van der Waals surface area contributed by atoms with E-state index in [4.69, 9.17) is 14.2 Å². The van der Waals surface area contributed by atoms with E-state index in [1.54, 1.807) is 6.07 Å². The summed E-state index contributed by atoms with van der Waals surface area (Å²) in [6, 6.07) is 35.1. The van der Waals surface area contributed by atoms with Crippen molar-refractivity contribution in [3.05, 3.63) is 114 Å². The summed E-state index contributed by atoms with van der Waals surface area (Å²) in [5, 5.41) is 3.53. The van der Waals surface area contributed by atoms with E-state index in [0.717, 1.165) is 5.56 Å². The Morgan fingerprint density at radius 1 is 0.686 bits per heavy atom. The van der Waals surface area contributed by atoms with Crippen LogP contribution >= 0.6 is 7.26 Å². The van der Waals surface area contributed by atoms with Crippen LogP contribution < -0.4 is 25.4 Å². The van der Waals surface area contributed by atoms with Gasteiger partial charge in [-0.05, 0) is 0 Å². The number of carbonyl (C=O) groups is 1. The first-order valence-corrected chi connectivity index (χ1v) is 14.1. The molecule has 1 unspecified atom stereocenters. The Balaban J connectivity index is 1.83. The average Bonchev–Trinajstić information content (AvgIpc) is 3.22. The fourth-order valence-corrected chi connectivity index (χ4v) is 10.2. The van der Waals surface area contributed by atoms with E-state index in [1.807, 2.05) is 38.1 Å². The van der Waals surface area contributed by atoms with Gasteiger partial charge in [0.15, 0.2) is 0 Å². The molecule has 1 aliphatic rings. The molecule has 1 aliphatic heterocycles. The molecular formula is C30H29O4P. The Morgan fingerprint density at radius 2 is 1.11 bits per heavy atom. The van der Waals surface area contributed by atoms with Gasteiger partial charge in [0.1, 0.15) is 0 Å². The van der Waals surface area contributed by atoms with E-state index in [2.05, 4.69) is 72.8 Å². The Morgan fingerprint density at radius 3 is 1.54 bits per heavy atom. The standard InChI is InChI=1S/C30H29O4P/c1-3-32-27-20-25-26(21-28(27)33-4-2)30(34-29(25)31)35(22-14-8-5-9-15-22,23-16-10-6-11-17-23)24-18-12-7-13-19-24/h5-21,30,35H,3-4H2,1-2H3. The monoisotopic (exact) mass is 484 g/mol. The second-order valence-electron chi connectivity index (χ2n) is 8.44. The maximum absolute atomic E-state index is 13.3. The molecule has 0 amide bonds. The van der Waals surface area contributed by atoms with Crippen LogP contribution in [0.2, 0.25) is 0 Å². The number of carbonyl (C=O) groups excluding carboxylic acids is 1. The summed E-state index contributed by atoms with van der Waals surface area (Å²) < 4.78 is 18.1. The van der Waals surface area contributed by atoms with Gasteiger partial charge in [-0.3, -0.25) is 0 Å². The minimum absolute atomic E-state index is 0.325. The van der Waals surface area contributed by atoms with Gasteiger partial charge in [0.25, 0.3) is 0 Å². The maximum atomic E-state index is 13.3. The second-order valence-corrected chi connectivity index (χ2v) is 12.3. The molecule has 0 aliphatic carbocycles. The third-order valence-corrected chi connectivity index (χ3v) is 11.5. The van der Waals surface area contributed by atoms with Crippen LogP contribution in [0, 0.1) is 0 Å². The molecule has 4 nitrogen and oxygen atoms in total. The van der Waals surface area contributed by atoms with Gasteiger partial charge in [-0.1, -0.05) is 0 Å². The Kier molecular flexibility index (Phi) is 6.57. The third-order valence-electron chi connectivity index (χ3n) is 6.52. The van der Waals surface area contributed by atoms with Crippen molar-refractivity contribution >= 4 is 29.1 Å². The quantitative estimate of drug-likeness (QED) is 0.249. The number of fused-ring (bicyclic) bond motifs is 1. The first kappa shape index (κ1) is 23.1. The topological polar surface area (TPSA) is 44.8 Å². The van der Waals surface area contributed by atoms with E-state index in [-0.39, 0.29) is 5.97 Å². The van der Waals surface area contributed by atoms with Crippen molar-refractivity contribution in [2.24, 2.45) is 0 Å². The van der Waals surface area contributed by atoms with Gasteiger partial charge in [-0.2, -0.15) is 0 Å². The molecule has 0 bridgehead atoms. The van der Waals surface area contributed by atoms with Gasteiger partial charge >= 0.3 is 207 Å². The van der Waals surface area contributed by atoms with Gasteiger partial charge in [0.2, 0.25) is 0 Å². The van der Waals surface area contributed by atoms with Crippen molar-refractivity contribution in [2.75, 3.05) is 13.2 Å². The Bertz CT molecular complexity index is 1210. The predicted octanol–water partition coefficient (Wildman–Crippen LogP) is 5.38. The first-order valence-electron chi connectivity index (χ1n) is 12.0. The normalized spacial score (nSPS) is 15.3. The van der Waals surface area contributed by atoms with Crippen molar-refractivity contribution < 1.29 is 19.0 Å². The number of cyclic esters (lactones) is 1. The van der Waals surface area contributed by atoms with Gasteiger partial charge in [-0.25, -0.2) is 0 Å². The van der Waals surface area contributed by atoms with Crippen LogP contribution in [0.5, 0.6) is 11.5 Å². The summed E-state index contributed by atoms with van der Waals surface area (Å²) in [5.41, 5.74) is 1.40. The van der Waals surface area contributed by atoms with E-state index < -0.39 is 13.1 Å². The van der Waals surface area contributed by atoms with E-state index in [0.29, 0.717) is 30.3 Å². The molecule has 178 valence electrons. The van der Waals surface area contributed by atoms with Crippen molar-refractivity contribution in [1.29, 1.82) is 0 Å². The van der Waals surface area contributed by atoms with Gasteiger partial charge in [-0.15, -0.1) is 0 Å². The van der Waals surface area contributed by atoms with Crippen molar-refractivity contribution in [3.63, 3.8) is 0 Å². The van der Waals surface area contributed by atoms with Gasteiger partial charge < -0.3 is 0 Å². The van der Waals surface area contributed by atoms with Crippen LogP contribution in [0.3, 0.4) is 0 Å². The molecule has 4 aromatic carbocycles. The summed E-state index contributed by atoms with van der Waals surface area (Å²) in [6.45, 7) is 4.84. The van der Waals surface area contributed by atoms with Crippen LogP contribution in [0.1, 0.15) is 35.6 Å². The molecule has 1 atom stereocenters. The molecule has 0 spiro atoms. The van der Waals surface area contributed by atoms with Crippen LogP contribution in [-0.2, 0) is 4.74 Å². The summed E-state index contributed by atoms with van der Waals surface area (Å²) in [4.78, 5) is 13.3. The van der Waals surface area contributed by atoms with Gasteiger partial charge in [0, 0.05) is 0 Å². The molecule has 0 radical (unpaired) electrons. The number of hydrogen-bond acceptors (Lipinski definition) is 4. The van der Waals surface area contributed by atoms with Gasteiger partial charge in [0.05, 0.1) is 0 Å². The van der Waals surface area contributed by atoms with Crippen LogP contribution in [0.25, 0.3) is 0 Å². The fourth-order valence-electron chi connectivity index (χ4n) is 5.12. The Labute approximate surface area is 206 Å². The molecule has 0 aromatic heterocycles. The number of rotatable bonds is 8. The van der Waals surface area contributed by atoms with Crippen LogP contribution in [-0.4, -0.2) is 19.2 Å². The molecule has 1 heterocycles. The summed E-state index contributed by atoms with van der Waals surface area (Å²) in [7, 11) is -2.91. The predicted molar refractivity (Wildman–Crippen MR) is 143 cm³/mol. The molecule has 0 saturated carbocycles. The first-order chi connectivity index (χ1) is 17.2. The zero-order valence-electron chi connectivity index (χ0n) is 19.9. The number of esters is 1.